The minimum Gasteiger partial charge on any atom is -0.399 e. The topological polar surface area (TPSA) is 63.8 Å². The Morgan fingerprint density at radius 2 is 2.06 bits per heavy atom. The molecule has 1 aromatic carbocycles. The highest BCUT2D eigenvalue weighted by molar-refractivity contribution is 5.91. The van der Waals surface area contributed by atoms with E-state index in [-0.39, 0.29) is 0 Å². The van der Waals surface area contributed by atoms with Gasteiger partial charge in [-0.15, -0.1) is 0 Å². The van der Waals surface area contributed by atoms with Gasteiger partial charge in [-0.05, 0) is 24.6 Å². The molecule has 0 saturated heterocycles. The fourth-order valence-electron chi connectivity index (χ4n) is 1.97. The Labute approximate surface area is 108 Å². The van der Waals surface area contributed by atoms with E-state index >= 15 is 0 Å². The van der Waals surface area contributed by atoms with Crippen LogP contribution in [0, 0.1) is 0 Å². The lowest BCUT2D eigenvalue weighted by atomic mass is 10.2. The van der Waals surface area contributed by atoms with Gasteiger partial charge in [0.15, 0.2) is 0 Å². The van der Waals surface area contributed by atoms with Gasteiger partial charge in [-0.25, -0.2) is 9.97 Å². The van der Waals surface area contributed by atoms with Gasteiger partial charge in [0.2, 0.25) is 0 Å². The number of anilines is 2. The SMILES string of the molecule is CCCCCCNc1ncnc2ccc(N)cc12. The van der Waals surface area contributed by atoms with E-state index in [9.17, 15) is 0 Å². The van der Waals surface area contributed by atoms with Gasteiger partial charge in [-0.3, -0.25) is 0 Å². The van der Waals surface area contributed by atoms with Crippen LogP contribution in [0.4, 0.5) is 11.5 Å². The zero-order chi connectivity index (χ0) is 12.8. The maximum absolute atomic E-state index is 5.80. The van der Waals surface area contributed by atoms with Crippen LogP contribution in [0.5, 0.6) is 0 Å². The molecule has 0 aliphatic rings. The van der Waals surface area contributed by atoms with E-state index in [0.29, 0.717) is 0 Å². The van der Waals surface area contributed by atoms with Crippen LogP contribution in [0.25, 0.3) is 10.9 Å². The Morgan fingerprint density at radius 1 is 1.17 bits per heavy atom. The Morgan fingerprint density at radius 3 is 2.89 bits per heavy atom. The van der Waals surface area contributed by atoms with E-state index in [1.165, 1.54) is 25.7 Å². The minimum absolute atomic E-state index is 0.742. The van der Waals surface area contributed by atoms with Crippen molar-refractivity contribution in [3.63, 3.8) is 0 Å². The summed E-state index contributed by atoms with van der Waals surface area (Å²) in [5.41, 5.74) is 7.47. The molecule has 96 valence electrons. The Bertz CT molecular complexity index is 510. The van der Waals surface area contributed by atoms with Crippen LogP contribution in [0.15, 0.2) is 24.5 Å². The van der Waals surface area contributed by atoms with Crippen LogP contribution in [0.2, 0.25) is 0 Å². The number of aromatic nitrogens is 2. The number of hydrogen-bond donors (Lipinski definition) is 2. The maximum Gasteiger partial charge on any atom is 0.137 e. The predicted molar refractivity (Wildman–Crippen MR) is 76.6 cm³/mol. The molecular weight excluding hydrogens is 224 g/mol. The largest absolute Gasteiger partial charge is 0.399 e. The average molecular weight is 244 g/mol. The van der Waals surface area contributed by atoms with Crippen LogP contribution in [0.1, 0.15) is 32.6 Å². The van der Waals surface area contributed by atoms with Gasteiger partial charge >= 0.3 is 0 Å². The molecule has 0 saturated carbocycles. The first-order valence-corrected chi connectivity index (χ1v) is 6.55. The molecule has 0 amide bonds. The summed E-state index contributed by atoms with van der Waals surface area (Å²) in [6.45, 7) is 3.16. The summed E-state index contributed by atoms with van der Waals surface area (Å²) in [5, 5.41) is 4.36. The van der Waals surface area contributed by atoms with Crippen molar-refractivity contribution in [2.45, 2.75) is 32.6 Å². The molecule has 1 aromatic heterocycles. The van der Waals surface area contributed by atoms with Crippen molar-refractivity contribution >= 4 is 22.4 Å². The summed E-state index contributed by atoms with van der Waals surface area (Å²) in [5.74, 6) is 0.879. The fourth-order valence-corrected chi connectivity index (χ4v) is 1.97. The highest BCUT2D eigenvalue weighted by atomic mass is 15.0. The monoisotopic (exact) mass is 244 g/mol. The van der Waals surface area contributed by atoms with Gasteiger partial charge in [0.25, 0.3) is 0 Å². The first-order chi connectivity index (χ1) is 8.81. The summed E-state index contributed by atoms with van der Waals surface area (Å²) in [6, 6.07) is 5.71. The third-order valence-electron chi connectivity index (χ3n) is 2.98. The van der Waals surface area contributed by atoms with Crippen molar-refractivity contribution < 1.29 is 0 Å². The number of nitrogens with two attached hydrogens (primary N) is 1. The molecule has 1 heterocycles. The molecule has 3 N–H and O–H groups in total. The third kappa shape index (κ3) is 3.09. The standard InChI is InChI=1S/C14H20N4/c1-2-3-4-5-8-16-14-12-9-11(15)6-7-13(12)17-10-18-14/h6-7,9-10H,2-5,8,15H2,1H3,(H,16,17,18). The molecule has 0 radical (unpaired) electrons. The highest BCUT2D eigenvalue weighted by Gasteiger charge is 2.03. The molecule has 0 bridgehead atoms. The summed E-state index contributed by atoms with van der Waals surface area (Å²) < 4.78 is 0. The van der Waals surface area contributed by atoms with Gasteiger partial charge < -0.3 is 11.1 Å². The zero-order valence-electron chi connectivity index (χ0n) is 10.8. The van der Waals surface area contributed by atoms with Crippen molar-refractivity contribution in [1.82, 2.24) is 9.97 Å². The number of nitrogen functional groups attached to an aromatic ring is 1. The first-order valence-electron chi connectivity index (χ1n) is 6.55. The normalized spacial score (nSPS) is 10.7. The zero-order valence-corrected chi connectivity index (χ0v) is 10.8. The molecule has 0 spiro atoms. The number of benzene rings is 1. The minimum atomic E-state index is 0.742. The number of unbranched alkanes of at least 4 members (excludes halogenated alkanes) is 3. The van der Waals surface area contributed by atoms with Gasteiger partial charge in [0.1, 0.15) is 12.1 Å². The second-order valence-electron chi connectivity index (χ2n) is 4.49. The van der Waals surface area contributed by atoms with Gasteiger partial charge in [0.05, 0.1) is 5.52 Å². The summed E-state index contributed by atoms with van der Waals surface area (Å²) in [6.07, 6.45) is 6.56. The Kier molecular flexibility index (Phi) is 4.34. The second-order valence-corrected chi connectivity index (χ2v) is 4.49. The summed E-state index contributed by atoms with van der Waals surface area (Å²) >= 11 is 0. The van der Waals surface area contributed by atoms with Crippen molar-refractivity contribution in [2.24, 2.45) is 0 Å². The van der Waals surface area contributed by atoms with E-state index in [1.54, 1.807) is 6.33 Å². The van der Waals surface area contributed by atoms with Crippen molar-refractivity contribution in [2.75, 3.05) is 17.6 Å². The Hall–Kier alpha value is -1.84. The number of nitrogens with one attached hydrogen (secondary N) is 1. The number of hydrogen-bond acceptors (Lipinski definition) is 4. The van der Waals surface area contributed by atoms with Crippen LogP contribution >= 0.6 is 0 Å². The lowest BCUT2D eigenvalue weighted by Crippen LogP contribution is -2.04. The van der Waals surface area contributed by atoms with Crippen molar-refractivity contribution in [3.8, 4) is 0 Å². The van der Waals surface area contributed by atoms with E-state index in [2.05, 4.69) is 22.2 Å². The van der Waals surface area contributed by atoms with Crippen molar-refractivity contribution in [1.29, 1.82) is 0 Å². The Balaban J connectivity index is 2.05. The van der Waals surface area contributed by atoms with E-state index < -0.39 is 0 Å². The molecule has 18 heavy (non-hydrogen) atoms. The lowest BCUT2D eigenvalue weighted by molar-refractivity contribution is 0.684. The number of rotatable bonds is 6. The maximum atomic E-state index is 5.80. The molecule has 4 heteroatoms. The van der Waals surface area contributed by atoms with E-state index in [0.717, 1.165) is 29.0 Å². The van der Waals surface area contributed by atoms with Crippen LogP contribution in [0.3, 0.4) is 0 Å². The molecule has 0 fully saturated rings. The quantitative estimate of drug-likeness (QED) is 0.605. The first kappa shape index (κ1) is 12.6. The highest BCUT2D eigenvalue weighted by Crippen LogP contribution is 2.21. The third-order valence-corrected chi connectivity index (χ3v) is 2.98. The van der Waals surface area contributed by atoms with Gasteiger partial charge in [0, 0.05) is 17.6 Å². The molecule has 2 aromatic rings. The molecule has 0 atom stereocenters. The van der Waals surface area contributed by atoms with Gasteiger partial charge in [-0.1, -0.05) is 26.2 Å². The summed E-state index contributed by atoms with van der Waals surface area (Å²) in [4.78, 5) is 8.52. The van der Waals surface area contributed by atoms with E-state index in [4.69, 9.17) is 5.73 Å². The second kappa shape index (κ2) is 6.19. The van der Waals surface area contributed by atoms with Crippen LogP contribution < -0.4 is 11.1 Å². The molecule has 0 aliphatic carbocycles. The van der Waals surface area contributed by atoms with Crippen LogP contribution in [-0.4, -0.2) is 16.5 Å². The summed E-state index contributed by atoms with van der Waals surface area (Å²) in [7, 11) is 0. The molecular formula is C14H20N4. The van der Waals surface area contributed by atoms with Gasteiger partial charge in [-0.2, -0.15) is 0 Å². The van der Waals surface area contributed by atoms with Crippen molar-refractivity contribution in [3.05, 3.63) is 24.5 Å². The lowest BCUT2D eigenvalue weighted by Gasteiger charge is -2.08. The fraction of sp³-hybridized carbons (Fsp3) is 0.429. The smallest absolute Gasteiger partial charge is 0.137 e. The molecule has 0 aliphatic heterocycles. The average Bonchev–Trinajstić information content (AvgIpc) is 2.39. The van der Waals surface area contributed by atoms with E-state index in [1.807, 2.05) is 18.2 Å². The molecule has 2 rings (SSSR count). The predicted octanol–water partition coefficient (Wildman–Crippen LogP) is 3.20. The number of fused-ring (bicyclic) bond motifs is 1. The molecule has 0 unspecified atom stereocenters. The van der Waals surface area contributed by atoms with Crippen LogP contribution in [-0.2, 0) is 0 Å². The molecule has 4 nitrogen and oxygen atoms in total. The number of nitrogens with zero attached hydrogens (tertiary/aromatic N) is 2.